The van der Waals surface area contributed by atoms with E-state index in [9.17, 15) is 14.4 Å². The fourth-order valence-electron chi connectivity index (χ4n) is 5.26. The molecule has 1 atom stereocenters. The second kappa shape index (κ2) is 8.98. The van der Waals surface area contributed by atoms with Crippen LogP contribution in [-0.4, -0.2) is 53.8 Å². The summed E-state index contributed by atoms with van der Waals surface area (Å²) in [6, 6.07) is 13.8. The molecule has 5 rings (SSSR count). The van der Waals surface area contributed by atoms with Crippen LogP contribution in [0.15, 0.2) is 42.5 Å². The minimum Gasteiger partial charge on any atom is -0.497 e. The van der Waals surface area contributed by atoms with Gasteiger partial charge in [-0.1, -0.05) is 24.3 Å². The maximum Gasteiger partial charge on any atom is 0.255 e. The van der Waals surface area contributed by atoms with Crippen molar-refractivity contribution in [2.24, 2.45) is 0 Å². The Morgan fingerprint density at radius 2 is 1.76 bits per heavy atom. The van der Waals surface area contributed by atoms with E-state index in [2.05, 4.69) is 34.5 Å². The molecule has 0 spiro atoms. The van der Waals surface area contributed by atoms with Gasteiger partial charge in [-0.25, -0.2) is 0 Å². The molecule has 0 radical (unpaired) electrons. The average molecular weight is 448 g/mol. The van der Waals surface area contributed by atoms with Crippen LogP contribution >= 0.6 is 0 Å². The van der Waals surface area contributed by atoms with Gasteiger partial charge >= 0.3 is 0 Å². The van der Waals surface area contributed by atoms with Crippen molar-refractivity contribution >= 4 is 17.7 Å². The van der Waals surface area contributed by atoms with Crippen molar-refractivity contribution in [1.82, 2.24) is 15.1 Å². The zero-order valence-electron chi connectivity index (χ0n) is 18.9. The lowest BCUT2D eigenvalue weighted by molar-refractivity contribution is -0.136. The molecule has 1 N–H and O–H groups in total. The van der Waals surface area contributed by atoms with Crippen LogP contribution in [-0.2, 0) is 22.7 Å². The second-order valence-corrected chi connectivity index (χ2v) is 9.22. The summed E-state index contributed by atoms with van der Waals surface area (Å²) in [5.74, 6) is 0.615. The normalized spacial score (nSPS) is 21.8. The summed E-state index contributed by atoms with van der Waals surface area (Å²) in [4.78, 5) is 40.7. The molecule has 0 aliphatic carbocycles. The van der Waals surface area contributed by atoms with Crippen LogP contribution in [0.2, 0.25) is 0 Å². The zero-order chi connectivity index (χ0) is 22.9. The molecule has 7 nitrogen and oxygen atoms in total. The van der Waals surface area contributed by atoms with E-state index in [-0.39, 0.29) is 24.1 Å². The van der Waals surface area contributed by atoms with Crippen molar-refractivity contribution in [2.45, 2.75) is 50.7 Å². The second-order valence-electron chi connectivity index (χ2n) is 9.22. The van der Waals surface area contributed by atoms with E-state index in [1.54, 1.807) is 12.0 Å². The molecular weight excluding hydrogens is 418 g/mol. The fourth-order valence-corrected chi connectivity index (χ4v) is 5.26. The molecule has 33 heavy (non-hydrogen) atoms. The Hall–Kier alpha value is -3.19. The lowest BCUT2D eigenvalue weighted by atomic mass is 9.87. The molecule has 3 amide bonds. The predicted molar refractivity (Wildman–Crippen MR) is 123 cm³/mol. The summed E-state index contributed by atoms with van der Waals surface area (Å²) in [6.45, 7) is 3.45. The average Bonchev–Trinajstić information content (AvgIpc) is 3.15. The molecule has 3 heterocycles. The van der Waals surface area contributed by atoms with Gasteiger partial charge in [0.15, 0.2) is 0 Å². The van der Waals surface area contributed by atoms with Crippen molar-refractivity contribution < 1.29 is 19.1 Å². The van der Waals surface area contributed by atoms with Gasteiger partial charge < -0.3 is 9.64 Å². The first kappa shape index (κ1) is 21.6. The molecule has 0 saturated carbocycles. The van der Waals surface area contributed by atoms with Crippen molar-refractivity contribution in [2.75, 3.05) is 20.2 Å². The van der Waals surface area contributed by atoms with Gasteiger partial charge in [-0.2, -0.15) is 0 Å². The number of ether oxygens (including phenoxy) is 1. The first-order chi connectivity index (χ1) is 16.0. The molecule has 2 fully saturated rings. The SMILES string of the molecule is COc1ccc(CN2CCC(c3ccc4c(c3)CN(C3CCC(=O)NC3=O)C4=O)CC2)cc1. The maximum atomic E-state index is 12.9. The number of carbonyl (C=O) groups is 3. The Kier molecular flexibility index (Phi) is 5.89. The number of methoxy groups -OCH3 is 1. The highest BCUT2D eigenvalue weighted by molar-refractivity contribution is 6.05. The van der Waals surface area contributed by atoms with E-state index in [1.165, 1.54) is 11.1 Å². The number of nitrogens with one attached hydrogen (secondary N) is 1. The number of nitrogens with zero attached hydrogens (tertiary/aromatic N) is 2. The Morgan fingerprint density at radius 3 is 2.45 bits per heavy atom. The van der Waals surface area contributed by atoms with Crippen molar-refractivity contribution in [1.29, 1.82) is 0 Å². The molecular formula is C26H29N3O4. The first-order valence-electron chi connectivity index (χ1n) is 11.6. The molecule has 1 unspecified atom stereocenters. The van der Waals surface area contributed by atoms with Gasteiger partial charge in [-0.3, -0.25) is 24.6 Å². The Labute approximate surface area is 193 Å². The third-order valence-corrected chi connectivity index (χ3v) is 7.17. The van der Waals surface area contributed by atoms with E-state index in [0.29, 0.717) is 24.4 Å². The van der Waals surface area contributed by atoms with E-state index < -0.39 is 6.04 Å². The number of rotatable bonds is 5. The maximum absolute atomic E-state index is 12.9. The number of hydrogen-bond acceptors (Lipinski definition) is 5. The smallest absolute Gasteiger partial charge is 0.255 e. The van der Waals surface area contributed by atoms with Gasteiger partial charge in [0.1, 0.15) is 11.8 Å². The molecule has 0 aromatic heterocycles. The van der Waals surface area contributed by atoms with E-state index in [1.807, 2.05) is 18.2 Å². The lowest BCUT2D eigenvalue weighted by Crippen LogP contribution is -2.52. The van der Waals surface area contributed by atoms with Crippen molar-refractivity contribution in [3.63, 3.8) is 0 Å². The van der Waals surface area contributed by atoms with Gasteiger partial charge in [-0.15, -0.1) is 0 Å². The van der Waals surface area contributed by atoms with E-state index >= 15 is 0 Å². The van der Waals surface area contributed by atoms with E-state index in [4.69, 9.17) is 4.74 Å². The minimum absolute atomic E-state index is 0.111. The topological polar surface area (TPSA) is 79.0 Å². The number of amides is 3. The van der Waals surface area contributed by atoms with Gasteiger partial charge in [0.05, 0.1) is 7.11 Å². The van der Waals surface area contributed by atoms with Crippen LogP contribution in [0.4, 0.5) is 0 Å². The molecule has 2 aromatic carbocycles. The number of fused-ring (bicyclic) bond motifs is 1. The van der Waals surface area contributed by atoms with Crippen LogP contribution < -0.4 is 10.1 Å². The molecule has 0 bridgehead atoms. The van der Waals surface area contributed by atoms with Gasteiger partial charge in [0.25, 0.3) is 5.91 Å². The van der Waals surface area contributed by atoms with Crippen LogP contribution in [0, 0.1) is 0 Å². The minimum atomic E-state index is -0.563. The Morgan fingerprint density at radius 1 is 1.00 bits per heavy atom. The van der Waals surface area contributed by atoms with E-state index in [0.717, 1.165) is 43.8 Å². The monoisotopic (exact) mass is 447 g/mol. The number of likely N-dealkylation sites (tertiary alicyclic amines) is 1. The Balaban J connectivity index is 1.21. The number of piperidine rings is 2. The Bertz CT molecular complexity index is 1070. The summed E-state index contributed by atoms with van der Waals surface area (Å²) in [7, 11) is 1.68. The molecule has 7 heteroatoms. The predicted octanol–water partition coefficient (Wildman–Crippen LogP) is 2.84. The quantitative estimate of drug-likeness (QED) is 0.713. The van der Waals surface area contributed by atoms with Crippen molar-refractivity contribution in [3.05, 3.63) is 64.7 Å². The highest BCUT2D eigenvalue weighted by atomic mass is 16.5. The highest BCUT2D eigenvalue weighted by Gasteiger charge is 2.39. The first-order valence-corrected chi connectivity index (χ1v) is 11.6. The van der Waals surface area contributed by atoms with Crippen LogP contribution in [0.5, 0.6) is 5.75 Å². The highest BCUT2D eigenvalue weighted by Crippen LogP contribution is 2.34. The van der Waals surface area contributed by atoms with Gasteiger partial charge in [-0.05, 0) is 73.2 Å². The van der Waals surface area contributed by atoms with Crippen LogP contribution in [0.3, 0.4) is 0 Å². The number of benzene rings is 2. The number of carbonyl (C=O) groups excluding carboxylic acids is 3. The third kappa shape index (κ3) is 4.37. The van der Waals surface area contributed by atoms with Gasteiger partial charge in [0, 0.05) is 25.1 Å². The molecule has 2 saturated heterocycles. The molecule has 172 valence electrons. The number of imide groups is 1. The fraction of sp³-hybridized carbons (Fsp3) is 0.423. The van der Waals surface area contributed by atoms with Crippen LogP contribution in [0.1, 0.15) is 58.6 Å². The summed E-state index contributed by atoms with van der Waals surface area (Å²) in [5, 5.41) is 2.36. The number of hydrogen-bond donors (Lipinski definition) is 1. The standard InChI is InChI=1S/C26H29N3O4/c1-33-21-5-2-17(3-6-21)15-28-12-10-18(11-13-28)19-4-7-22-20(14-19)16-29(26(22)32)23-8-9-24(30)27-25(23)31/h2-7,14,18,23H,8-13,15-16H2,1H3,(H,27,30,31). The molecule has 3 aliphatic heterocycles. The summed E-state index contributed by atoms with van der Waals surface area (Å²) in [5.41, 5.74) is 4.23. The summed E-state index contributed by atoms with van der Waals surface area (Å²) >= 11 is 0. The zero-order valence-corrected chi connectivity index (χ0v) is 18.9. The largest absolute Gasteiger partial charge is 0.497 e. The molecule has 3 aliphatic rings. The lowest BCUT2D eigenvalue weighted by Gasteiger charge is -2.32. The summed E-state index contributed by atoms with van der Waals surface area (Å²) < 4.78 is 5.24. The van der Waals surface area contributed by atoms with Crippen LogP contribution in [0.25, 0.3) is 0 Å². The van der Waals surface area contributed by atoms with Gasteiger partial charge in [0.2, 0.25) is 11.8 Å². The van der Waals surface area contributed by atoms with Crippen molar-refractivity contribution in [3.8, 4) is 5.75 Å². The molecule has 2 aromatic rings. The third-order valence-electron chi connectivity index (χ3n) is 7.17. The summed E-state index contributed by atoms with van der Waals surface area (Å²) in [6.07, 6.45) is 2.83.